The van der Waals surface area contributed by atoms with E-state index in [1.54, 1.807) is 7.11 Å². The van der Waals surface area contributed by atoms with E-state index < -0.39 is 0 Å². The molecule has 0 fully saturated rings. The van der Waals surface area contributed by atoms with Gasteiger partial charge in [0, 0.05) is 18.1 Å². The molecule has 0 N–H and O–H groups in total. The fourth-order valence-corrected chi connectivity index (χ4v) is 2.72. The molecule has 1 aromatic carbocycles. The summed E-state index contributed by atoms with van der Waals surface area (Å²) in [7, 11) is 6.32. The van der Waals surface area contributed by atoms with Crippen LogP contribution < -0.4 is 9.22 Å². The van der Waals surface area contributed by atoms with E-state index in [1.807, 2.05) is 0 Å². The van der Waals surface area contributed by atoms with Crippen molar-refractivity contribution in [3.8, 4) is 5.75 Å². The number of rotatable bonds is 1. The van der Waals surface area contributed by atoms with Crippen molar-refractivity contribution in [2.75, 3.05) is 21.2 Å². The first-order valence-electron chi connectivity index (χ1n) is 5.99. The van der Waals surface area contributed by atoms with Crippen molar-refractivity contribution in [2.45, 2.75) is 32.2 Å². The fraction of sp³-hybridized carbons (Fsp3) is 0.571. The van der Waals surface area contributed by atoms with Crippen molar-refractivity contribution >= 4 is 5.69 Å². The van der Waals surface area contributed by atoms with Crippen LogP contribution in [0.25, 0.3) is 0 Å². The minimum atomic E-state index is 0.631. The van der Waals surface area contributed by atoms with E-state index in [4.69, 9.17) is 4.74 Å². The predicted octanol–water partition coefficient (Wildman–Crippen LogP) is 3.16. The normalized spacial score (nSPS) is 27.3. The van der Waals surface area contributed by atoms with Gasteiger partial charge in [-0.2, -0.15) is 0 Å². The number of benzene rings is 1. The highest BCUT2D eigenvalue weighted by Crippen LogP contribution is 2.42. The van der Waals surface area contributed by atoms with Gasteiger partial charge in [-0.3, -0.25) is 4.48 Å². The van der Waals surface area contributed by atoms with Gasteiger partial charge >= 0.3 is 0 Å². The number of hydrogen-bond acceptors (Lipinski definition) is 1. The van der Waals surface area contributed by atoms with E-state index in [9.17, 15) is 0 Å². The molecule has 1 aromatic rings. The molecular formula is C14H22NO+. The standard InChI is InChI=1S/C14H22NO/c1-10-8-11(2)15(3,4)14-7-6-12(16-5)9-13(10)14/h6-7,9-11H,8H2,1-5H3/q+1/t10-,11-/m0/s1. The number of methoxy groups -OCH3 is 1. The van der Waals surface area contributed by atoms with Gasteiger partial charge in [-0.15, -0.1) is 0 Å². The number of ether oxygens (including phenoxy) is 1. The van der Waals surface area contributed by atoms with E-state index in [1.165, 1.54) is 17.7 Å². The Morgan fingerprint density at radius 3 is 2.56 bits per heavy atom. The molecule has 0 unspecified atom stereocenters. The Balaban J connectivity index is 2.55. The topological polar surface area (TPSA) is 9.23 Å². The van der Waals surface area contributed by atoms with Crippen LogP contribution in [0.5, 0.6) is 5.75 Å². The van der Waals surface area contributed by atoms with E-state index in [2.05, 4.69) is 46.1 Å². The zero-order valence-corrected chi connectivity index (χ0v) is 10.9. The molecule has 0 spiro atoms. The Morgan fingerprint density at radius 1 is 1.25 bits per heavy atom. The summed E-state index contributed by atoms with van der Waals surface area (Å²) >= 11 is 0. The van der Waals surface area contributed by atoms with Crippen LogP contribution in [0.15, 0.2) is 18.2 Å². The highest BCUT2D eigenvalue weighted by molar-refractivity contribution is 5.56. The first-order valence-corrected chi connectivity index (χ1v) is 5.99. The molecule has 1 heterocycles. The second kappa shape index (κ2) is 3.77. The number of fused-ring (bicyclic) bond motifs is 1. The maximum absolute atomic E-state index is 5.32. The van der Waals surface area contributed by atoms with Crippen molar-refractivity contribution in [1.29, 1.82) is 0 Å². The lowest BCUT2D eigenvalue weighted by Crippen LogP contribution is -2.51. The van der Waals surface area contributed by atoms with Gasteiger partial charge in [0.25, 0.3) is 0 Å². The Bertz CT molecular complexity index is 398. The highest BCUT2D eigenvalue weighted by atomic mass is 16.5. The SMILES string of the molecule is COc1ccc2c(c1)[C@@H](C)C[C@H](C)[N+]2(C)C. The van der Waals surface area contributed by atoms with Crippen LogP contribution in [-0.2, 0) is 0 Å². The summed E-state index contributed by atoms with van der Waals surface area (Å²) < 4.78 is 6.29. The fourth-order valence-electron chi connectivity index (χ4n) is 2.72. The molecular weight excluding hydrogens is 198 g/mol. The largest absolute Gasteiger partial charge is 0.497 e. The summed E-state index contributed by atoms with van der Waals surface area (Å²) in [6, 6.07) is 7.17. The summed E-state index contributed by atoms with van der Waals surface area (Å²) in [5, 5.41) is 0. The maximum atomic E-state index is 5.32. The average molecular weight is 220 g/mol. The Hall–Kier alpha value is -1.02. The zero-order chi connectivity index (χ0) is 11.9. The smallest absolute Gasteiger partial charge is 0.136 e. The number of hydrogen-bond donors (Lipinski definition) is 0. The first kappa shape index (κ1) is 11.5. The lowest BCUT2D eigenvalue weighted by atomic mass is 9.86. The molecule has 0 aliphatic carbocycles. The molecule has 2 nitrogen and oxygen atoms in total. The second-order valence-corrected chi connectivity index (χ2v) is 5.45. The highest BCUT2D eigenvalue weighted by Gasteiger charge is 2.37. The van der Waals surface area contributed by atoms with Gasteiger partial charge in [0.15, 0.2) is 0 Å². The molecule has 0 saturated carbocycles. The van der Waals surface area contributed by atoms with Crippen molar-refractivity contribution in [2.24, 2.45) is 0 Å². The van der Waals surface area contributed by atoms with Crippen molar-refractivity contribution < 1.29 is 4.74 Å². The minimum absolute atomic E-state index is 0.631. The summed E-state index contributed by atoms with van der Waals surface area (Å²) in [6.07, 6.45) is 1.24. The Kier molecular flexibility index (Phi) is 2.70. The van der Waals surface area contributed by atoms with Gasteiger partial charge in [0.1, 0.15) is 11.4 Å². The molecule has 88 valence electrons. The van der Waals surface area contributed by atoms with Crippen LogP contribution in [-0.4, -0.2) is 27.2 Å². The van der Waals surface area contributed by atoms with Gasteiger partial charge in [0.2, 0.25) is 0 Å². The Labute approximate surface area is 98.4 Å². The number of nitrogens with zero attached hydrogens (tertiary/aromatic N) is 1. The second-order valence-electron chi connectivity index (χ2n) is 5.45. The van der Waals surface area contributed by atoms with E-state index >= 15 is 0 Å². The molecule has 1 aliphatic rings. The molecule has 0 amide bonds. The van der Waals surface area contributed by atoms with Gasteiger partial charge in [-0.25, -0.2) is 0 Å². The molecule has 2 heteroatoms. The van der Waals surface area contributed by atoms with Crippen molar-refractivity contribution in [3.05, 3.63) is 23.8 Å². The summed E-state index contributed by atoms with van der Waals surface area (Å²) in [6.45, 7) is 4.65. The van der Waals surface area contributed by atoms with Crippen molar-refractivity contribution in [3.63, 3.8) is 0 Å². The lowest BCUT2D eigenvalue weighted by molar-refractivity contribution is 0.261. The number of quaternary nitrogens is 1. The summed E-state index contributed by atoms with van der Waals surface area (Å²) in [4.78, 5) is 0. The lowest BCUT2D eigenvalue weighted by Gasteiger charge is -2.42. The van der Waals surface area contributed by atoms with Gasteiger partial charge in [-0.05, 0) is 25.0 Å². The maximum Gasteiger partial charge on any atom is 0.136 e. The quantitative estimate of drug-likeness (QED) is 0.661. The van der Waals surface area contributed by atoms with Crippen LogP contribution >= 0.6 is 0 Å². The summed E-state index contributed by atoms with van der Waals surface area (Å²) in [5.41, 5.74) is 2.88. The van der Waals surface area contributed by atoms with Crippen molar-refractivity contribution in [1.82, 2.24) is 4.48 Å². The average Bonchev–Trinajstić information content (AvgIpc) is 2.26. The molecule has 1 aliphatic heterocycles. The first-order chi connectivity index (χ1) is 7.46. The summed E-state index contributed by atoms with van der Waals surface area (Å²) in [5.74, 6) is 1.60. The van der Waals surface area contributed by atoms with E-state index in [0.717, 1.165) is 10.2 Å². The molecule has 2 rings (SSSR count). The minimum Gasteiger partial charge on any atom is -0.497 e. The van der Waals surface area contributed by atoms with Crippen LogP contribution in [0, 0.1) is 0 Å². The van der Waals surface area contributed by atoms with Crippen LogP contribution in [0.1, 0.15) is 31.7 Å². The predicted molar refractivity (Wildman–Crippen MR) is 69.1 cm³/mol. The van der Waals surface area contributed by atoms with E-state index in [0.29, 0.717) is 12.0 Å². The van der Waals surface area contributed by atoms with Gasteiger partial charge in [0.05, 0.1) is 27.2 Å². The van der Waals surface area contributed by atoms with Gasteiger partial charge in [-0.1, -0.05) is 6.92 Å². The third kappa shape index (κ3) is 1.61. The Morgan fingerprint density at radius 2 is 1.94 bits per heavy atom. The third-order valence-corrected chi connectivity index (χ3v) is 4.18. The van der Waals surface area contributed by atoms with E-state index in [-0.39, 0.29) is 0 Å². The van der Waals surface area contributed by atoms with Crippen LogP contribution in [0.3, 0.4) is 0 Å². The van der Waals surface area contributed by atoms with Crippen LogP contribution in [0.4, 0.5) is 5.69 Å². The monoisotopic (exact) mass is 220 g/mol. The zero-order valence-electron chi connectivity index (χ0n) is 10.9. The molecule has 0 radical (unpaired) electrons. The molecule has 2 atom stereocenters. The molecule has 0 aromatic heterocycles. The third-order valence-electron chi connectivity index (χ3n) is 4.18. The molecule has 16 heavy (non-hydrogen) atoms. The van der Waals surface area contributed by atoms with Crippen LogP contribution in [0.2, 0.25) is 0 Å². The molecule has 0 bridgehead atoms. The van der Waals surface area contributed by atoms with Gasteiger partial charge < -0.3 is 4.74 Å². The molecule has 0 saturated heterocycles.